The summed E-state index contributed by atoms with van der Waals surface area (Å²) in [5.41, 5.74) is 0.960. The maximum Gasteiger partial charge on any atom is 0.243 e. The van der Waals surface area contributed by atoms with Crippen LogP contribution in [0.1, 0.15) is 36.4 Å². The smallest absolute Gasteiger partial charge is 0.243 e. The SMILES string of the molecule is Cc1csc(CNC(=O)[C@H]2[C@@H]3C[C@@H](CN(c4ncccn4)C3)[C@@H]3CCCC(=O)N32)n1. The number of piperidine rings is 3. The van der Waals surface area contributed by atoms with Crippen LogP contribution >= 0.6 is 11.3 Å². The van der Waals surface area contributed by atoms with Crippen LogP contribution in [0.5, 0.6) is 0 Å². The summed E-state index contributed by atoms with van der Waals surface area (Å²) in [5, 5.41) is 5.93. The fraction of sp³-hybridized carbons (Fsp3) is 0.571. The molecule has 158 valence electrons. The summed E-state index contributed by atoms with van der Waals surface area (Å²) in [6.45, 7) is 3.87. The molecule has 0 unspecified atom stereocenters. The Labute approximate surface area is 179 Å². The first kappa shape index (κ1) is 19.4. The Bertz CT molecular complexity index is 935. The van der Waals surface area contributed by atoms with Gasteiger partial charge in [0.1, 0.15) is 11.0 Å². The summed E-state index contributed by atoms with van der Waals surface area (Å²) in [5.74, 6) is 1.18. The Hall–Kier alpha value is -2.55. The maximum absolute atomic E-state index is 13.3. The van der Waals surface area contributed by atoms with Crippen molar-refractivity contribution in [1.29, 1.82) is 0 Å². The van der Waals surface area contributed by atoms with Gasteiger partial charge >= 0.3 is 0 Å². The molecule has 0 aromatic carbocycles. The van der Waals surface area contributed by atoms with E-state index in [1.54, 1.807) is 23.7 Å². The molecule has 8 nitrogen and oxygen atoms in total. The lowest BCUT2D eigenvalue weighted by Gasteiger charge is -2.55. The monoisotopic (exact) mass is 426 g/mol. The van der Waals surface area contributed by atoms with Crippen molar-refractivity contribution in [2.75, 3.05) is 18.0 Å². The molecule has 5 heterocycles. The van der Waals surface area contributed by atoms with E-state index in [0.717, 1.165) is 36.5 Å². The van der Waals surface area contributed by atoms with E-state index in [4.69, 9.17) is 0 Å². The van der Waals surface area contributed by atoms with Gasteiger partial charge in [0.05, 0.1) is 6.54 Å². The number of carbonyl (C=O) groups is 2. The van der Waals surface area contributed by atoms with E-state index in [9.17, 15) is 9.59 Å². The highest BCUT2D eigenvalue weighted by atomic mass is 32.1. The predicted molar refractivity (Wildman–Crippen MR) is 113 cm³/mol. The molecular formula is C21H26N6O2S. The van der Waals surface area contributed by atoms with E-state index >= 15 is 0 Å². The van der Waals surface area contributed by atoms with Gasteiger partial charge in [-0.05, 0) is 38.2 Å². The van der Waals surface area contributed by atoms with Crippen molar-refractivity contribution >= 4 is 29.1 Å². The van der Waals surface area contributed by atoms with Crippen LogP contribution in [-0.4, -0.2) is 56.8 Å². The molecule has 9 heteroatoms. The van der Waals surface area contributed by atoms with Crippen molar-refractivity contribution < 1.29 is 9.59 Å². The van der Waals surface area contributed by atoms with Crippen molar-refractivity contribution in [3.8, 4) is 0 Å². The van der Waals surface area contributed by atoms with Crippen LogP contribution in [0.4, 0.5) is 5.95 Å². The van der Waals surface area contributed by atoms with E-state index in [-0.39, 0.29) is 23.8 Å². The minimum absolute atomic E-state index is 0.0672. The number of hydrogen-bond acceptors (Lipinski definition) is 7. The van der Waals surface area contributed by atoms with Crippen LogP contribution in [0, 0.1) is 18.8 Å². The van der Waals surface area contributed by atoms with Crippen LogP contribution in [0.25, 0.3) is 0 Å². The first-order valence-electron chi connectivity index (χ1n) is 10.6. The largest absolute Gasteiger partial charge is 0.348 e. The Morgan fingerprint density at radius 3 is 2.83 bits per heavy atom. The van der Waals surface area contributed by atoms with Gasteiger partial charge in [0.25, 0.3) is 0 Å². The fourth-order valence-corrected chi connectivity index (χ4v) is 6.07. The number of aromatic nitrogens is 3. The molecule has 0 radical (unpaired) electrons. The number of rotatable bonds is 4. The van der Waals surface area contributed by atoms with Crippen LogP contribution in [0.3, 0.4) is 0 Å². The van der Waals surface area contributed by atoms with Crippen LogP contribution in [0.15, 0.2) is 23.8 Å². The molecule has 3 fully saturated rings. The van der Waals surface area contributed by atoms with E-state index in [0.29, 0.717) is 31.4 Å². The lowest BCUT2D eigenvalue weighted by Crippen LogP contribution is -2.68. The minimum Gasteiger partial charge on any atom is -0.348 e. The number of anilines is 1. The maximum atomic E-state index is 13.3. The van der Waals surface area contributed by atoms with Gasteiger partial charge < -0.3 is 15.1 Å². The molecule has 3 saturated heterocycles. The highest BCUT2D eigenvalue weighted by molar-refractivity contribution is 7.09. The number of nitrogens with zero attached hydrogens (tertiary/aromatic N) is 5. The normalized spacial score (nSPS) is 28.2. The molecule has 0 aliphatic carbocycles. The zero-order valence-electron chi connectivity index (χ0n) is 17.0. The van der Waals surface area contributed by atoms with Gasteiger partial charge in [0, 0.05) is 54.9 Å². The molecule has 2 bridgehead atoms. The summed E-state index contributed by atoms with van der Waals surface area (Å²) in [4.78, 5) is 43.6. The molecule has 1 N–H and O–H groups in total. The van der Waals surface area contributed by atoms with Crippen molar-refractivity contribution in [2.45, 2.75) is 51.2 Å². The standard InChI is InChI=1S/C21H26N6O2S/c1-13-12-30-17(25-13)9-24-20(29)19-15-8-14(16-4-2-5-18(28)27(16)19)10-26(11-15)21-22-6-3-7-23-21/h3,6-7,12,14-16,19H,2,4-5,8-11H2,1H3,(H,24,29)/t14-,15+,16-,19+/m0/s1. The summed E-state index contributed by atoms with van der Waals surface area (Å²) in [7, 11) is 0. The molecular weight excluding hydrogens is 400 g/mol. The average Bonchev–Trinajstić information content (AvgIpc) is 3.18. The molecule has 2 aromatic rings. The zero-order chi connectivity index (χ0) is 20.7. The average molecular weight is 427 g/mol. The summed E-state index contributed by atoms with van der Waals surface area (Å²) in [6, 6.07) is 1.49. The van der Waals surface area contributed by atoms with Crippen LogP contribution in [-0.2, 0) is 16.1 Å². The topological polar surface area (TPSA) is 91.3 Å². The summed E-state index contributed by atoms with van der Waals surface area (Å²) >= 11 is 1.55. The third-order valence-electron chi connectivity index (χ3n) is 6.53. The molecule has 2 amide bonds. The summed E-state index contributed by atoms with van der Waals surface area (Å²) in [6.07, 6.45) is 6.87. The Morgan fingerprint density at radius 2 is 2.07 bits per heavy atom. The van der Waals surface area contributed by atoms with Gasteiger partial charge in [0.15, 0.2) is 0 Å². The van der Waals surface area contributed by atoms with Gasteiger partial charge in [0.2, 0.25) is 17.8 Å². The Kier molecular flexibility index (Phi) is 5.14. The lowest BCUT2D eigenvalue weighted by molar-refractivity contribution is -0.156. The predicted octanol–water partition coefficient (Wildman–Crippen LogP) is 1.76. The lowest BCUT2D eigenvalue weighted by atomic mass is 9.72. The molecule has 2 aromatic heterocycles. The summed E-state index contributed by atoms with van der Waals surface area (Å²) < 4.78 is 0. The highest BCUT2D eigenvalue weighted by Gasteiger charge is 2.52. The Balaban J connectivity index is 1.40. The second kappa shape index (κ2) is 7.94. The zero-order valence-corrected chi connectivity index (χ0v) is 17.8. The molecule has 3 aliphatic rings. The van der Waals surface area contributed by atoms with Crippen molar-refractivity contribution in [1.82, 2.24) is 25.2 Å². The molecule has 0 saturated carbocycles. The van der Waals surface area contributed by atoms with Crippen molar-refractivity contribution in [3.05, 3.63) is 34.5 Å². The third-order valence-corrected chi connectivity index (χ3v) is 7.49. The number of fused-ring (bicyclic) bond motifs is 4. The number of thiazole rings is 1. The molecule has 5 rings (SSSR count). The van der Waals surface area contributed by atoms with Crippen molar-refractivity contribution in [3.63, 3.8) is 0 Å². The van der Waals surface area contributed by atoms with E-state index < -0.39 is 6.04 Å². The van der Waals surface area contributed by atoms with Gasteiger partial charge in [-0.3, -0.25) is 9.59 Å². The fourth-order valence-electron chi connectivity index (χ4n) is 5.36. The molecule has 30 heavy (non-hydrogen) atoms. The van der Waals surface area contributed by atoms with Gasteiger partial charge in [-0.25, -0.2) is 15.0 Å². The van der Waals surface area contributed by atoms with Gasteiger partial charge in [-0.1, -0.05) is 0 Å². The number of aryl methyl sites for hydroxylation is 1. The van der Waals surface area contributed by atoms with Crippen LogP contribution < -0.4 is 10.2 Å². The number of nitrogens with one attached hydrogen (secondary N) is 1. The molecule has 4 atom stereocenters. The first-order valence-corrected chi connectivity index (χ1v) is 11.5. The second-order valence-corrected chi connectivity index (χ2v) is 9.46. The van der Waals surface area contributed by atoms with E-state index in [1.807, 2.05) is 23.3 Å². The van der Waals surface area contributed by atoms with Gasteiger partial charge in [-0.2, -0.15) is 0 Å². The number of hydrogen-bond donors (Lipinski definition) is 1. The van der Waals surface area contributed by atoms with Crippen molar-refractivity contribution in [2.24, 2.45) is 11.8 Å². The minimum atomic E-state index is -0.438. The third kappa shape index (κ3) is 3.55. The number of carbonyl (C=O) groups excluding carboxylic acids is 2. The quantitative estimate of drug-likeness (QED) is 0.801. The highest BCUT2D eigenvalue weighted by Crippen LogP contribution is 2.42. The van der Waals surface area contributed by atoms with Gasteiger partial charge in [-0.15, -0.1) is 11.3 Å². The first-order chi connectivity index (χ1) is 14.6. The number of amides is 2. The van der Waals surface area contributed by atoms with E-state index in [2.05, 4.69) is 25.2 Å². The van der Waals surface area contributed by atoms with Crippen LogP contribution in [0.2, 0.25) is 0 Å². The van der Waals surface area contributed by atoms with E-state index in [1.165, 1.54) is 0 Å². The Morgan fingerprint density at radius 1 is 1.27 bits per heavy atom. The second-order valence-electron chi connectivity index (χ2n) is 8.52. The molecule has 0 spiro atoms. The molecule has 3 aliphatic heterocycles.